The third kappa shape index (κ3) is 2.46. The van der Waals surface area contributed by atoms with E-state index < -0.39 is 0 Å². The monoisotopic (exact) mass is 186 g/mol. The molecule has 12 heavy (non-hydrogen) atoms. The molecule has 0 spiro atoms. The Bertz CT molecular complexity index is 237. The minimum atomic E-state index is -0.375. The van der Waals surface area contributed by atoms with Crippen LogP contribution in [-0.4, -0.2) is 10.1 Å². The van der Waals surface area contributed by atoms with Crippen LogP contribution in [0.1, 0.15) is 37.2 Å². The molecule has 0 saturated heterocycles. The van der Waals surface area contributed by atoms with Crippen LogP contribution in [0.3, 0.4) is 0 Å². The van der Waals surface area contributed by atoms with Gasteiger partial charge in [0.1, 0.15) is 0 Å². The fourth-order valence-electron chi connectivity index (χ4n) is 0.994. The zero-order chi connectivity index (χ0) is 8.97. The van der Waals surface area contributed by atoms with Gasteiger partial charge in [-0.1, -0.05) is 31.1 Å². The maximum atomic E-state index is 9.58. The van der Waals surface area contributed by atoms with E-state index in [-0.39, 0.29) is 6.10 Å². The Kier molecular flexibility index (Phi) is 3.49. The maximum Gasteiger partial charge on any atom is 0.180 e. The third-order valence-electron chi connectivity index (χ3n) is 1.70. The number of thiazole rings is 1. The van der Waals surface area contributed by atoms with Crippen LogP contribution in [0.5, 0.6) is 0 Å². The molecule has 0 amide bonds. The average molecular weight is 186 g/mol. The smallest absolute Gasteiger partial charge is 0.180 e. The van der Waals surface area contributed by atoms with E-state index in [0.717, 1.165) is 24.1 Å². The van der Waals surface area contributed by atoms with Crippen LogP contribution < -0.4 is 5.73 Å². The fourth-order valence-corrected chi connectivity index (χ4v) is 1.70. The highest BCUT2D eigenvalue weighted by molar-refractivity contribution is 7.15. The molecular weight excluding hydrogens is 172 g/mol. The molecule has 1 aromatic heterocycles. The van der Waals surface area contributed by atoms with Crippen LogP contribution in [0.2, 0.25) is 0 Å². The van der Waals surface area contributed by atoms with Crippen molar-refractivity contribution in [3.05, 3.63) is 11.1 Å². The van der Waals surface area contributed by atoms with Crippen molar-refractivity contribution in [2.75, 3.05) is 5.73 Å². The average Bonchev–Trinajstić information content (AvgIpc) is 2.47. The first-order chi connectivity index (χ1) is 5.74. The Labute approximate surface area is 76.3 Å². The molecular formula is C8H14N2OS. The maximum absolute atomic E-state index is 9.58. The minimum absolute atomic E-state index is 0.375. The molecule has 3 N–H and O–H groups in total. The number of hydrogen-bond donors (Lipinski definition) is 2. The fraction of sp³-hybridized carbons (Fsp3) is 0.625. The Morgan fingerprint density at radius 3 is 3.00 bits per heavy atom. The van der Waals surface area contributed by atoms with Crippen molar-refractivity contribution in [2.45, 2.75) is 32.3 Å². The number of hydrogen-bond acceptors (Lipinski definition) is 4. The second-order valence-electron chi connectivity index (χ2n) is 2.76. The molecule has 0 aliphatic carbocycles. The lowest BCUT2D eigenvalue weighted by Crippen LogP contribution is -1.93. The molecule has 68 valence electrons. The summed E-state index contributed by atoms with van der Waals surface area (Å²) in [6, 6.07) is 0. The summed E-state index contributed by atoms with van der Waals surface area (Å²) in [6.07, 6.45) is 4.22. The van der Waals surface area contributed by atoms with E-state index in [2.05, 4.69) is 11.9 Å². The molecule has 0 aliphatic rings. The van der Waals surface area contributed by atoms with E-state index in [1.807, 2.05) is 0 Å². The number of nitrogens with zero attached hydrogens (tertiary/aromatic N) is 1. The summed E-state index contributed by atoms with van der Waals surface area (Å²) >= 11 is 1.36. The highest BCUT2D eigenvalue weighted by Gasteiger charge is 2.09. The van der Waals surface area contributed by atoms with E-state index in [9.17, 15) is 5.11 Å². The van der Waals surface area contributed by atoms with Crippen molar-refractivity contribution in [1.82, 2.24) is 4.98 Å². The van der Waals surface area contributed by atoms with Crippen LogP contribution in [0, 0.1) is 0 Å². The topological polar surface area (TPSA) is 59.1 Å². The Balaban J connectivity index is 2.47. The largest absolute Gasteiger partial charge is 0.388 e. The van der Waals surface area contributed by atoms with E-state index in [1.165, 1.54) is 11.3 Å². The number of aliphatic hydroxyl groups excluding tert-OH is 1. The van der Waals surface area contributed by atoms with Gasteiger partial charge in [0.2, 0.25) is 0 Å². The summed E-state index contributed by atoms with van der Waals surface area (Å²) in [4.78, 5) is 4.76. The van der Waals surface area contributed by atoms with Crippen molar-refractivity contribution < 1.29 is 5.11 Å². The molecule has 0 fully saturated rings. The number of aromatic nitrogens is 1. The van der Waals surface area contributed by atoms with Crippen LogP contribution in [0.15, 0.2) is 6.20 Å². The van der Waals surface area contributed by atoms with Crippen molar-refractivity contribution in [1.29, 1.82) is 0 Å². The normalized spacial score (nSPS) is 13.2. The summed E-state index contributed by atoms with van der Waals surface area (Å²) in [5, 5.41) is 10.1. The van der Waals surface area contributed by atoms with Crippen LogP contribution in [0.25, 0.3) is 0 Å². The predicted octanol–water partition coefficient (Wildman–Crippen LogP) is 1.95. The molecule has 1 atom stereocenters. The number of anilines is 1. The molecule has 1 aromatic rings. The number of rotatable bonds is 4. The summed E-state index contributed by atoms with van der Waals surface area (Å²) in [5.74, 6) is 0. The van der Waals surface area contributed by atoms with Crippen LogP contribution in [0.4, 0.5) is 5.13 Å². The standard InChI is InChI=1S/C8H14N2OS/c1-2-3-4-6(11)7-5-10-8(9)12-7/h5-6,11H,2-4H2,1H3,(H2,9,10). The molecule has 0 aliphatic heterocycles. The first kappa shape index (κ1) is 9.48. The Morgan fingerprint density at radius 1 is 1.75 bits per heavy atom. The molecule has 1 heterocycles. The summed E-state index contributed by atoms with van der Waals surface area (Å²) in [5.41, 5.74) is 5.44. The van der Waals surface area contributed by atoms with Gasteiger partial charge in [-0.05, 0) is 6.42 Å². The molecule has 3 nitrogen and oxygen atoms in total. The van der Waals surface area contributed by atoms with Crippen molar-refractivity contribution in [3.63, 3.8) is 0 Å². The second-order valence-corrected chi connectivity index (χ2v) is 3.85. The predicted molar refractivity (Wildman–Crippen MR) is 51.0 cm³/mol. The zero-order valence-electron chi connectivity index (χ0n) is 7.16. The SMILES string of the molecule is CCCCC(O)c1cnc(N)s1. The number of aliphatic hydroxyl groups is 1. The first-order valence-electron chi connectivity index (χ1n) is 4.13. The summed E-state index contributed by atoms with van der Waals surface area (Å²) in [6.45, 7) is 2.10. The third-order valence-corrected chi connectivity index (χ3v) is 2.63. The van der Waals surface area contributed by atoms with Gasteiger partial charge in [-0.2, -0.15) is 0 Å². The molecule has 1 rings (SSSR count). The Hall–Kier alpha value is -0.610. The van der Waals surface area contributed by atoms with Gasteiger partial charge in [-0.15, -0.1) is 0 Å². The molecule has 0 saturated carbocycles. The van der Waals surface area contributed by atoms with E-state index in [1.54, 1.807) is 6.20 Å². The van der Waals surface area contributed by atoms with E-state index >= 15 is 0 Å². The number of nitrogens with two attached hydrogens (primary N) is 1. The van der Waals surface area contributed by atoms with Crippen LogP contribution >= 0.6 is 11.3 Å². The molecule has 4 heteroatoms. The van der Waals surface area contributed by atoms with Gasteiger partial charge in [0, 0.05) is 6.20 Å². The van der Waals surface area contributed by atoms with Gasteiger partial charge in [-0.25, -0.2) is 4.98 Å². The Morgan fingerprint density at radius 2 is 2.50 bits per heavy atom. The summed E-state index contributed by atoms with van der Waals surface area (Å²) in [7, 11) is 0. The lowest BCUT2D eigenvalue weighted by atomic mass is 10.1. The number of nitrogen functional groups attached to an aromatic ring is 1. The lowest BCUT2D eigenvalue weighted by Gasteiger charge is -2.05. The highest BCUT2D eigenvalue weighted by atomic mass is 32.1. The van der Waals surface area contributed by atoms with Gasteiger partial charge in [0.05, 0.1) is 11.0 Å². The minimum Gasteiger partial charge on any atom is -0.388 e. The molecule has 1 unspecified atom stereocenters. The quantitative estimate of drug-likeness (QED) is 0.755. The van der Waals surface area contributed by atoms with Gasteiger partial charge in [0.15, 0.2) is 5.13 Å². The first-order valence-corrected chi connectivity index (χ1v) is 4.95. The molecule has 0 radical (unpaired) electrons. The zero-order valence-corrected chi connectivity index (χ0v) is 7.97. The highest BCUT2D eigenvalue weighted by Crippen LogP contribution is 2.25. The molecule has 0 bridgehead atoms. The number of unbranched alkanes of at least 4 members (excludes halogenated alkanes) is 1. The van der Waals surface area contributed by atoms with Crippen molar-refractivity contribution in [3.8, 4) is 0 Å². The van der Waals surface area contributed by atoms with E-state index in [0.29, 0.717) is 5.13 Å². The van der Waals surface area contributed by atoms with Gasteiger partial charge < -0.3 is 10.8 Å². The van der Waals surface area contributed by atoms with Crippen molar-refractivity contribution >= 4 is 16.5 Å². The second kappa shape index (κ2) is 4.42. The van der Waals surface area contributed by atoms with Gasteiger partial charge in [-0.3, -0.25) is 0 Å². The summed E-state index contributed by atoms with van der Waals surface area (Å²) < 4.78 is 0. The molecule has 0 aromatic carbocycles. The van der Waals surface area contributed by atoms with E-state index in [4.69, 9.17) is 5.73 Å². The van der Waals surface area contributed by atoms with Gasteiger partial charge >= 0.3 is 0 Å². The van der Waals surface area contributed by atoms with Crippen molar-refractivity contribution in [2.24, 2.45) is 0 Å². The van der Waals surface area contributed by atoms with Gasteiger partial charge in [0.25, 0.3) is 0 Å². The van der Waals surface area contributed by atoms with Crippen LogP contribution in [-0.2, 0) is 0 Å². The lowest BCUT2D eigenvalue weighted by molar-refractivity contribution is 0.168.